The molecule has 140 valence electrons. The maximum atomic E-state index is 13.0. The number of likely N-dealkylation sites (N-methyl/N-ethyl adjacent to an activating group) is 1. The molecule has 3 rings (SSSR count). The maximum absolute atomic E-state index is 13.0. The molecule has 2 heterocycles. The summed E-state index contributed by atoms with van der Waals surface area (Å²) in [6.45, 7) is 7.30. The first-order valence-corrected chi connectivity index (χ1v) is 9.09. The Morgan fingerprint density at radius 1 is 1.31 bits per heavy atom. The van der Waals surface area contributed by atoms with Crippen molar-refractivity contribution in [3.05, 3.63) is 53.2 Å². The SMILES string of the molecule is Cc1cc(C[NH+]2CCN(C(=O)C[NH+](C)Cc3ccc(F)cc3)CC2)no1. The number of halogens is 1. The molecule has 0 aliphatic carbocycles. The molecule has 0 bridgehead atoms. The van der Waals surface area contributed by atoms with Gasteiger partial charge >= 0.3 is 0 Å². The minimum Gasteiger partial charge on any atom is -0.361 e. The van der Waals surface area contributed by atoms with Gasteiger partial charge < -0.3 is 19.2 Å². The molecule has 1 aromatic carbocycles. The van der Waals surface area contributed by atoms with Crippen molar-refractivity contribution in [1.82, 2.24) is 10.1 Å². The van der Waals surface area contributed by atoms with Crippen LogP contribution in [-0.4, -0.2) is 55.7 Å². The van der Waals surface area contributed by atoms with E-state index in [1.54, 1.807) is 12.1 Å². The lowest BCUT2D eigenvalue weighted by Crippen LogP contribution is -3.14. The molecular weight excluding hydrogens is 335 g/mol. The van der Waals surface area contributed by atoms with Crippen LogP contribution in [0.5, 0.6) is 0 Å². The Kier molecular flexibility index (Phi) is 6.00. The van der Waals surface area contributed by atoms with Gasteiger partial charge in [0.25, 0.3) is 5.91 Å². The van der Waals surface area contributed by atoms with Crippen LogP contribution >= 0.6 is 0 Å². The van der Waals surface area contributed by atoms with Crippen LogP contribution in [0, 0.1) is 12.7 Å². The summed E-state index contributed by atoms with van der Waals surface area (Å²) in [7, 11) is 2.00. The second kappa shape index (κ2) is 8.42. The smallest absolute Gasteiger partial charge is 0.278 e. The number of aryl methyl sites for hydroxylation is 1. The van der Waals surface area contributed by atoms with Gasteiger partial charge in [0.15, 0.2) is 6.54 Å². The number of hydrogen-bond donors (Lipinski definition) is 2. The molecule has 6 nitrogen and oxygen atoms in total. The fourth-order valence-electron chi connectivity index (χ4n) is 3.39. The van der Waals surface area contributed by atoms with E-state index in [2.05, 4.69) is 5.16 Å². The maximum Gasteiger partial charge on any atom is 0.278 e. The summed E-state index contributed by atoms with van der Waals surface area (Å²) in [5.41, 5.74) is 2.01. The molecule has 1 aliphatic rings. The van der Waals surface area contributed by atoms with Gasteiger partial charge in [0, 0.05) is 11.6 Å². The van der Waals surface area contributed by atoms with E-state index in [0.29, 0.717) is 13.1 Å². The van der Waals surface area contributed by atoms with Gasteiger partial charge in [-0.25, -0.2) is 4.39 Å². The van der Waals surface area contributed by atoms with Gasteiger partial charge in [-0.2, -0.15) is 0 Å². The lowest BCUT2D eigenvalue weighted by molar-refractivity contribution is -0.918. The number of amides is 1. The van der Waals surface area contributed by atoms with Gasteiger partial charge in [0.2, 0.25) is 0 Å². The highest BCUT2D eigenvalue weighted by Crippen LogP contribution is 2.01. The zero-order chi connectivity index (χ0) is 18.5. The molecule has 0 saturated carbocycles. The second-order valence-electron chi connectivity index (χ2n) is 7.17. The summed E-state index contributed by atoms with van der Waals surface area (Å²) in [4.78, 5) is 17.0. The van der Waals surface area contributed by atoms with E-state index in [1.807, 2.05) is 24.9 Å². The quantitative estimate of drug-likeness (QED) is 0.698. The molecule has 7 heteroatoms. The van der Waals surface area contributed by atoms with Crippen LogP contribution in [0.4, 0.5) is 4.39 Å². The van der Waals surface area contributed by atoms with E-state index in [0.717, 1.165) is 54.6 Å². The predicted molar refractivity (Wildman–Crippen MR) is 94.1 cm³/mol. The number of benzene rings is 1. The van der Waals surface area contributed by atoms with Crippen molar-refractivity contribution in [2.75, 3.05) is 39.8 Å². The van der Waals surface area contributed by atoms with Crippen molar-refractivity contribution in [3.63, 3.8) is 0 Å². The average molecular weight is 362 g/mol. The summed E-state index contributed by atoms with van der Waals surface area (Å²) in [6, 6.07) is 8.44. The van der Waals surface area contributed by atoms with E-state index >= 15 is 0 Å². The molecule has 1 amide bonds. The van der Waals surface area contributed by atoms with Gasteiger partial charge in [-0.1, -0.05) is 17.3 Å². The normalized spacial score (nSPS) is 16.7. The molecule has 2 N–H and O–H groups in total. The Morgan fingerprint density at radius 3 is 2.62 bits per heavy atom. The Balaban J connectivity index is 1.42. The van der Waals surface area contributed by atoms with Crippen LogP contribution in [0.25, 0.3) is 0 Å². The minimum absolute atomic E-state index is 0.181. The topological polar surface area (TPSA) is 55.2 Å². The van der Waals surface area contributed by atoms with Crippen molar-refractivity contribution >= 4 is 5.91 Å². The number of hydrogen-bond acceptors (Lipinski definition) is 3. The van der Waals surface area contributed by atoms with Gasteiger partial charge in [-0.05, 0) is 19.1 Å². The molecule has 1 atom stereocenters. The van der Waals surface area contributed by atoms with Crippen LogP contribution in [0.3, 0.4) is 0 Å². The number of nitrogens with one attached hydrogen (secondary N) is 2. The highest BCUT2D eigenvalue weighted by Gasteiger charge is 2.26. The zero-order valence-electron chi connectivity index (χ0n) is 15.4. The first kappa shape index (κ1) is 18.5. The summed E-state index contributed by atoms with van der Waals surface area (Å²) in [5.74, 6) is 0.782. The first-order valence-electron chi connectivity index (χ1n) is 9.09. The van der Waals surface area contributed by atoms with E-state index < -0.39 is 0 Å². The number of nitrogens with zero attached hydrogens (tertiary/aromatic N) is 2. The van der Waals surface area contributed by atoms with Crippen LogP contribution in [0.1, 0.15) is 17.0 Å². The van der Waals surface area contributed by atoms with Crippen molar-refractivity contribution in [2.45, 2.75) is 20.0 Å². The summed E-state index contributed by atoms with van der Waals surface area (Å²) in [6.07, 6.45) is 0. The fraction of sp³-hybridized carbons (Fsp3) is 0.474. The molecule has 1 saturated heterocycles. The molecule has 26 heavy (non-hydrogen) atoms. The highest BCUT2D eigenvalue weighted by molar-refractivity contribution is 5.77. The Bertz CT molecular complexity index is 723. The van der Waals surface area contributed by atoms with Gasteiger partial charge in [0.05, 0.1) is 33.2 Å². The summed E-state index contributed by atoms with van der Waals surface area (Å²) >= 11 is 0. The third-order valence-corrected chi connectivity index (χ3v) is 4.80. The summed E-state index contributed by atoms with van der Waals surface area (Å²) < 4.78 is 18.1. The van der Waals surface area contributed by atoms with Crippen molar-refractivity contribution in [2.24, 2.45) is 0 Å². The number of piperazine rings is 1. The van der Waals surface area contributed by atoms with Crippen molar-refractivity contribution in [3.8, 4) is 0 Å². The monoisotopic (exact) mass is 362 g/mol. The highest BCUT2D eigenvalue weighted by atomic mass is 19.1. The number of carbonyl (C=O) groups excluding carboxylic acids is 1. The molecule has 2 aromatic rings. The number of quaternary nitrogens is 2. The van der Waals surface area contributed by atoms with Crippen LogP contribution in [-0.2, 0) is 17.9 Å². The van der Waals surface area contributed by atoms with Crippen LogP contribution < -0.4 is 9.80 Å². The minimum atomic E-state index is -0.233. The first-order chi connectivity index (χ1) is 12.5. The van der Waals surface area contributed by atoms with Crippen molar-refractivity contribution in [1.29, 1.82) is 0 Å². The average Bonchev–Trinajstić information content (AvgIpc) is 3.02. The second-order valence-corrected chi connectivity index (χ2v) is 7.17. The molecular formula is C19H27FN4O2+2. The Labute approximate surface area is 153 Å². The summed E-state index contributed by atoms with van der Waals surface area (Å²) in [5, 5.41) is 4.05. The molecule has 1 unspecified atom stereocenters. The van der Waals surface area contributed by atoms with Crippen LogP contribution in [0.15, 0.2) is 34.9 Å². The molecule has 0 radical (unpaired) electrons. The molecule has 1 aliphatic heterocycles. The van der Waals surface area contributed by atoms with Crippen molar-refractivity contribution < 1.29 is 23.5 Å². The molecule has 0 spiro atoms. The van der Waals surface area contributed by atoms with Gasteiger partial charge in [-0.15, -0.1) is 0 Å². The van der Waals surface area contributed by atoms with Gasteiger partial charge in [0.1, 0.15) is 30.4 Å². The van der Waals surface area contributed by atoms with E-state index in [9.17, 15) is 9.18 Å². The Morgan fingerprint density at radius 2 is 2.00 bits per heavy atom. The van der Waals surface area contributed by atoms with E-state index in [1.165, 1.54) is 17.0 Å². The number of aromatic nitrogens is 1. The molecule has 1 aromatic heterocycles. The lowest BCUT2D eigenvalue weighted by Gasteiger charge is -2.32. The fourth-order valence-corrected chi connectivity index (χ4v) is 3.39. The van der Waals surface area contributed by atoms with Gasteiger partial charge in [-0.3, -0.25) is 4.79 Å². The van der Waals surface area contributed by atoms with Crippen LogP contribution in [0.2, 0.25) is 0 Å². The van der Waals surface area contributed by atoms with E-state index in [4.69, 9.17) is 4.52 Å². The zero-order valence-corrected chi connectivity index (χ0v) is 15.4. The third kappa shape index (κ3) is 5.12. The number of carbonyl (C=O) groups is 1. The standard InChI is InChI=1S/C19H25FN4O2/c1-15-11-18(21-26-15)13-23-7-9-24(10-8-23)19(25)14-22(2)12-16-3-5-17(20)6-4-16/h3-6,11H,7-10,12-14H2,1-2H3/p+2. The number of rotatable bonds is 6. The molecule has 1 fully saturated rings. The lowest BCUT2D eigenvalue weighted by atomic mass is 10.2. The third-order valence-electron chi connectivity index (χ3n) is 4.80. The van der Waals surface area contributed by atoms with E-state index in [-0.39, 0.29) is 11.7 Å². The largest absolute Gasteiger partial charge is 0.361 e. The predicted octanol–water partition coefficient (Wildman–Crippen LogP) is -0.936. The Hall–Kier alpha value is -2.25.